The van der Waals surface area contributed by atoms with Crippen molar-refractivity contribution in [3.63, 3.8) is 0 Å². The third-order valence-corrected chi connectivity index (χ3v) is 9.04. The van der Waals surface area contributed by atoms with Gasteiger partial charge in [0, 0.05) is 42.2 Å². The molecule has 8 nitrogen and oxygen atoms in total. The fraction of sp³-hybridized carbons (Fsp3) is 0.630. The van der Waals surface area contributed by atoms with E-state index < -0.39 is 22.1 Å². The van der Waals surface area contributed by atoms with Crippen molar-refractivity contribution in [1.82, 2.24) is 15.1 Å². The third-order valence-electron chi connectivity index (χ3n) is 7.36. The van der Waals surface area contributed by atoms with Gasteiger partial charge in [-0.15, -0.1) is 0 Å². The smallest absolute Gasteiger partial charge is 0.408 e. The molecule has 1 aliphatic carbocycles. The van der Waals surface area contributed by atoms with Gasteiger partial charge in [-0.05, 0) is 63.5 Å². The lowest BCUT2D eigenvalue weighted by Crippen LogP contribution is -2.34. The molecule has 0 saturated heterocycles. The number of carbonyl (C=O) groups is 1. The van der Waals surface area contributed by atoms with Crippen LogP contribution < -0.4 is 15.4 Å². The number of hydrogen-bond donors (Lipinski definition) is 2. The Morgan fingerprint density at radius 1 is 1.18 bits per heavy atom. The van der Waals surface area contributed by atoms with E-state index in [2.05, 4.69) is 15.7 Å². The molecule has 1 unspecified atom stereocenters. The molecule has 1 amide bonds. The van der Waals surface area contributed by atoms with Crippen molar-refractivity contribution in [2.24, 2.45) is 5.92 Å². The second-order valence-electron chi connectivity index (χ2n) is 10.6. The van der Waals surface area contributed by atoms with Crippen LogP contribution >= 0.6 is 0 Å². The lowest BCUT2D eigenvalue weighted by Gasteiger charge is -2.27. The molecule has 0 spiro atoms. The number of anilines is 1. The van der Waals surface area contributed by atoms with Gasteiger partial charge in [-0.3, -0.25) is 9.48 Å². The Labute approximate surface area is 228 Å². The molecule has 3 rings (SSSR count). The minimum Gasteiger partial charge on any atom is -0.496 e. The summed E-state index contributed by atoms with van der Waals surface area (Å²) in [6.45, 7) is 7.75. The van der Waals surface area contributed by atoms with E-state index >= 15 is 0 Å². The van der Waals surface area contributed by atoms with Crippen LogP contribution in [0.4, 0.5) is 18.9 Å². The van der Waals surface area contributed by atoms with Crippen molar-refractivity contribution in [2.75, 3.05) is 25.2 Å². The first-order valence-electron chi connectivity index (χ1n) is 13.3. The Bertz CT molecular complexity index is 1270. The van der Waals surface area contributed by atoms with Crippen molar-refractivity contribution in [3.05, 3.63) is 29.5 Å². The van der Waals surface area contributed by atoms with E-state index in [1.165, 1.54) is 19.4 Å². The van der Waals surface area contributed by atoms with Gasteiger partial charge in [0.15, 0.2) is 5.69 Å². The number of aromatic nitrogens is 2. The highest BCUT2D eigenvalue weighted by Gasteiger charge is 2.36. The van der Waals surface area contributed by atoms with Gasteiger partial charge in [-0.25, -0.2) is 8.42 Å². The van der Waals surface area contributed by atoms with Crippen LogP contribution in [0.25, 0.3) is 11.3 Å². The van der Waals surface area contributed by atoms with Gasteiger partial charge >= 0.3 is 6.18 Å². The average Bonchev–Trinajstić information content (AvgIpc) is 3.26. The summed E-state index contributed by atoms with van der Waals surface area (Å²) < 4.78 is 70.1. The molecule has 1 fully saturated rings. The number of rotatable bonds is 10. The molecule has 218 valence electrons. The van der Waals surface area contributed by atoms with Crippen molar-refractivity contribution >= 4 is 21.4 Å². The zero-order valence-electron chi connectivity index (χ0n) is 23.4. The van der Waals surface area contributed by atoms with Crippen LogP contribution in [0.15, 0.2) is 18.2 Å². The van der Waals surface area contributed by atoms with Gasteiger partial charge in [0.2, 0.25) is 0 Å². The van der Waals surface area contributed by atoms with Crippen molar-refractivity contribution < 1.29 is 31.1 Å². The van der Waals surface area contributed by atoms with Crippen LogP contribution in [0.2, 0.25) is 0 Å². The van der Waals surface area contributed by atoms with E-state index in [4.69, 9.17) is 4.74 Å². The molecule has 0 radical (unpaired) electrons. The highest BCUT2D eigenvalue weighted by molar-refractivity contribution is 7.91. The van der Waals surface area contributed by atoms with E-state index in [1.807, 2.05) is 20.8 Å². The summed E-state index contributed by atoms with van der Waals surface area (Å²) in [6.07, 6.45) is -0.471. The predicted molar refractivity (Wildman–Crippen MR) is 146 cm³/mol. The zero-order chi connectivity index (χ0) is 29.1. The number of sulfone groups is 1. The number of methoxy groups -OCH3 is 1. The van der Waals surface area contributed by atoms with Gasteiger partial charge in [-0.1, -0.05) is 13.8 Å². The Kier molecular flexibility index (Phi) is 9.61. The summed E-state index contributed by atoms with van der Waals surface area (Å²) in [5.74, 6) is 0.162. The maximum atomic E-state index is 13.3. The van der Waals surface area contributed by atoms with Crippen LogP contribution in [0.3, 0.4) is 0 Å². The Morgan fingerprint density at radius 2 is 1.82 bits per heavy atom. The summed E-state index contributed by atoms with van der Waals surface area (Å²) in [7, 11) is -1.61. The number of alkyl halides is 3. The molecule has 0 bridgehead atoms. The fourth-order valence-electron chi connectivity index (χ4n) is 5.10. The standard InChI is InChI=1S/C27H39F3N4O4S/c1-7-34-25(21-13-10-19(14-22(21)38-5)32-17(4)27(28,29)30)23(16(2)3)24(33-34)26(35)31-15-18-8-11-20(12-9-18)39(6,36)37/h10,13-14,16-18,20,32H,7-9,11-12,15H2,1-6H3,(H,31,35). The highest BCUT2D eigenvalue weighted by atomic mass is 32.2. The molecule has 39 heavy (non-hydrogen) atoms. The second kappa shape index (κ2) is 12.2. The van der Waals surface area contributed by atoms with Crippen LogP contribution in [0.5, 0.6) is 5.75 Å². The van der Waals surface area contributed by atoms with E-state index in [0.717, 1.165) is 25.3 Å². The molecule has 1 aliphatic rings. The number of ether oxygens (including phenoxy) is 1. The number of amides is 1. The molecule has 1 heterocycles. The summed E-state index contributed by atoms with van der Waals surface area (Å²) in [5, 5.41) is 9.76. The summed E-state index contributed by atoms with van der Waals surface area (Å²) in [6, 6.07) is 3.02. The predicted octanol–water partition coefficient (Wildman–Crippen LogP) is 5.40. The van der Waals surface area contributed by atoms with Crippen molar-refractivity contribution in [2.45, 2.75) is 83.3 Å². The van der Waals surface area contributed by atoms with E-state index in [1.54, 1.807) is 16.8 Å². The highest BCUT2D eigenvalue weighted by Crippen LogP contribution is 2.39. The number of nitrogens with zero attached hydrogens (tertiary/aromatic N) is 2. The van der Waals surface area contributed by atoms with E-state index in [9.17, 15) is 26.4 Å². The van der Waals surface area contributed by atoms with Crippen LogP contribution in [-0.4, -0.2) is 61.5 Å². The average molecular weight is 573 g/mol. The number of aryl methyl sites for hydroxylation is 1. The van der Waals surface area contributed by atoms with E-state index in [0.29, 0.717) is 48.6 Å². The molecule has 1 saturated carbocycles. The van der Waals surface area contributed by atoms with Gasteiger partial charge in [-0.2, -0.15) is 18.3 Å². The SMILES string of the molecule is CCn1nc(C(=O)NCC2CCC(S(C)(=O)=O)CC2)c(C(C)C)c1-c1ccc(NC(C)C(F)(F)F)cc1OC. The molecular weight excluding hydrogens is 533 g/mol. The summed E-state index contributed by atoms with van der Waals surface area (Å²) >= 11 is 0. The molecule has 2 aromatic rings. The number of hydrogen-bond acceptors (Lipinski definition) is 6. The minimum atomic E-state index is -4.40. The largest absolute Gasteiger partial charge is 0.496 e. The van der Waals surface area contributed by atoms with E-state index in [-0.39, 0.29) is 28.7 Å². The molecule has 12 heteroatoms. The van der Waals surface area contributed by atoms with Gasteiger partial charge in [0.1, 0.15) is 21.6 Å². The first-order chi connectivity index (χ1) is 18.2. The number of nitrogens with one attached hydrogen (secondary N) is 2. The topological polar surface area (TPSA) is 102 Å². The normalized spacial score (nSPS) is 19.1. The van der Waals surface area contributed by atoms with Crippen LogP contribution in [0.1, 0.15) is 75.3 Å². The second-order valence-corrected chi connectivity index (χ2v) is 12.9. The molecule has 1 aromatic heterocycles. The monoisotopic (exact) mass is 572 g/mol. The minimum absolute atomic E-state index is 0.0843. The quantitative estimate of drug-likeness (QED) is 0.396. The Morgan fingerprint density at radius 3 is 2.33 bits per heavy atom. The first-order valence-corrected chi connectivity index (χ1v) is 15.2. The molecule has 2 N–H and O–H groups in total. The lowest BCUT2D eigenvalue weighted by atomic mass is 9.89. The molecular formula is C27H39F3N4O4S. The maximum Gasteiger partial charge on any atom is 0.408 e. The number of carbonyl (C=O) groups excluding carboxylic acids is 1. The van der Waals surface area contributed by atoms with Crippen LogP contribution in [0, 0.1) is 5.92 Å². The summed E-state index contributed by atoms with van der Waals surface area (Å²) in [4.78, 5) is 13.3. The van der Waals surface area contributed by atoms with Crippen molar-refractivity contribution in [3.8, 4) is 17.0 Å². The lowest BCUT2D eigenvalue weighted by molar-refractivity contribution is -0.138. The number of halogens is 3. The Hall–Kier alpha value is -2.76. The Balaban J connectivity index is 1.87. The molecule has 1 aromatic carbocycles. The van der Waals surface area contributed by atoms with Crippen molar-refractivity contribution in [1.29, 1.82) is 0 Å². The van der Waals surface area contributed by atoms with Gasteiger partial charge in [0.25, 0.3) is 5.91 Å². The number of benzene rings is 1. The van der Waals surface area contributed by atoms with Gasteiger partial charge < -0.3 is 15.4 Å². The summed E-state index contributed by atoms with van der Waals surface area (Å²) in [5.41, 5.74) is 2.58. The third kappa shape index (κ3) is 7.26. The first kappa shape index (κ1) is 30.8. The molecule has 1 atom stereocenters. The van der Waals surface area contributed by atoms with Gasteiger partial charge in [0.05, 0.1) is 18.1 Å². The fourth-order valence-corrected chi connectivity index (χ4v) is 6.23. The maximum absolute atomic E-state index is 13.3. The zero-order valence-corrected chi connectivity index (χ0v) is 24.2. The molecule has 0 aliphatic heterocycles. The van der Waals surface area contributed by atoms with Crippen LogP contribution in [-0.2, 0) is 16.4 Å².